The van der Waals surface area contributed by atoms with Crippen LogP contribution in [0.5, 0.6) is 0 Å². The number of carboxylic acids is 1. The molecule has 1 aromatic heterocycles. The molecule has 1 atom stereocenters. The fraction of sp³-hybridized carbons (Fsp3) is 0.412. The normalized spacial score (nSPS) is 20.8. The van der Waals surface area contributed by atoms with Gasteiger partial charge in [0.25, 0.3) is 0 Å². The van der Waals surface area contributed by atoms with Gasteiger partial charge in [0, 0.05) is 36.8 Å². The van der Waals surface area contributed by atoms with Crippen LogP contribution < -0.4 is 16.1 Å². The van der Waals surface area contributed by atoms with Crippen LogP contribution in [-0.2, 0) is 0 Å². The monoisotopic (exact) mass is 347 g/mol. The van der Waals surface area contributed by atoms with Crippen LogP contribution in [0, 0.1) is 0 Å². The molecule has 0 radical (unpaired) electrons. The molecule has 1 aliphatic heterocycles. The summed E-state index contributed by atoms with van der Waals surface area (Å²) in [4.78, 5) is 26.0. The van der Waals surface area contributed by atoms with Gasteiger partial charge in [-0.25, -0.2) is 4.79 Å². The molecule has 6 nitrogen and oxygen atoms in total. The van der Waals surface area contributed by atoms with Gasteiger partial charge >= 0.3 is 5.97 Å². The Morgan fingerprint density at radius 1 is 1.29 bits per heavy atom. The van der Waals surface area contributed by atoms with Gasteiger partial charge in [0.15, 0.2) is 0 Å². The van der Waals surface area contributed by atoms with Crippen LogP contribution in [0.4, 0.5) is 5.69 Å². The number of carbonyl (C=O) groups is 1. The molecule has 0 bridgehead atoms. The van der Waals surface area contributed by atoms with Crippen LogP contribution in [0.25, 0.3) is 10.9 Å². The fourth-order valence-corrected chi connectivity index (χ4v) is 3.82. The van der Waals surface area contributed by atoms with Crippen molar-refractivity contribution >= 4 is 34.2 Å². The maximum atomic E-state index is 12.5. The smallest absolute Gasteiger partial charge is 0.341 e. The number of halogens is 1. The molecule has 4 rings (SSSR count). The summed E-state index contributed by atoms with van der Waals surface area (Å²) in [6.45, 7) is 1.55. The first kappa shape index (κ1) is 15.5. The number of aromatic nitrogens is 1. The van der Waals surface area contributed by atoms with Crippen LogP contribution in [0.1, 0.15) is 35.7 Å². The van der Waals surface area contributed by atoms with E-state index in [0.717, 1.165) is 38.0 Å². The maximum Gasteiger partial charge on any atom is 0.341 e. The highest BCUT2D eigenvalue weighted by Crippen LogP contribution is 2.41. The lowest BCUT2D eigenvalue weighted by Crippen LogP contribution is -2.26. The predicted octanol–water partition coefficient (Wildman–Crippen LogP) is 2.23. The summed E-state index contributed by atoms with van der Waals surface area (Å²) < 4.78 is 1.86. The van der Waals surface area contributed by atoms with Crippen LogP contribution in [0.15, 0.2) is 23.1 Å². The zero-order valence-electron chi connectivity index (χ0n) is 13.0. The highest BCUT2D eigenvalue weighted by molar-refractivity contribution is 6.38. The van der Waals surface area contributed by atoms with Gasteiger partial charge in [0.05, 0.1) is 16.2 Å². The molecule has 126 valence electrons. The summed E-state index contributed by atoms with van der Waals surface area (Å²) in [5.74, 6) is -1.21. The first-order valence-corrected chi connectivity index (χ1v) is 8.46. The Bertz CT molecular complexity index is 904. The summed E-state index contributed by atoms with van der Waals surface area (Å²) >= 11 is 6.66. The van der Waals surface area contributed by atoms with Crippen molar-refractivity contribution in [3.05, 3.63) is 39.1 Å². The van der Waals surface area contributed by atoms with Crippen molar-refractivity contribution in [1.29, 1.82) is 0 Å². The highest BCUT2D eigenvalue weighted by Gasteiger charge is 2.29. The van der Waals surface area contributed by atoms with Crippen molar-refractivity contribution in [2.24, 2.45) is 5.73 Å². The number of aromatic carboxylic acids is 1. The largest absolute Gasteiger partial charge is 0.477 e. The minimum atomic E-state index is -1.21. The minimum Gasteiger partial charge on any atom is -0.477 e. The van der Waals surface area contributed by atoms with Crippen molar-refractivity contribution in [1.82, 2.24) is 4.57 Å². The molecular formula is C17H18ClN3O3. The van der Waals surface area contributed by atoms with E-state index >= 15 is 0 Å². The molecule has 2 aromatic rings. The average Bonchev–Trinajstić information content (AvgIpc) is 3.29. The molecule has 1 saturated carbocycles. The van der Waals surface area contributed by atoms with Crippen LogP contribution in [-0.4, -0.2) is 34.8 Å². The van der Waals surface area contributed by atoms with E-state index < -0.39 is 11.4 Å². The standard InChI is InChI=1S/C17H18ClN3O3/c18-14-13(20-6-5-9(19)7-20)4-3-11-15(14)21(10-1-2-10)8-12(16(11)22)17(23)24/h3-4,8-10H,1-2,5-7,19H2,(H,23,24)/t9-/m0/s1. The van der Waals surface area contributed by atoms with Gasteiger partial charge in [0.1, 0.15) is 5.56 Å². The molecule has 2 aliphatic rings. The molecule has 1 saturated heterocycles. The summed E-state index contributed by atoms with van der Waals surface area (Å²) in [7, 11) is 0. The summed E-state index contributed by atoms with van der Waals surface area (Å²) in [5, 5.41) is 10.2. The molecule has 0 amide bonds. The van der Waals surface area contributed by atoms with Crippen molar-refractivity contribution in [2.45, 2.75) is 31.3 Å². The Morgan fingerprint density at radius 2 is 2.04 bits per heavy atom. The van der Waals surface area contributed by atoms with E-state index in [1.807, 2.05) is 4.57 Å². The Hall–Kier alpha value is -2.05. The van der Waals surface area contributed by atoms with Gasteiger partial charge in [-0.05, 0) is 31.4 Å². The zero-order valence-corrected chi connectivity index (χ0v) is 13.8. The number of hydrogen-bond donors (Lipinski definition) is 2. The lowest BCUT2D eigenvalue weighted by Gasteiger charge is -2.22. The number of anilines is 1. The molecule has 24 heavy (non-hydrogen) atoms. The third kappa shape index (κ3) is 2.37. The topological polar surface area (TPSA) is 88.6 Å². The number of nitrogens with zero attached hydrogens (tertiary/aromatic N) is 2. The van der Waals surface area contributed by atoms with Gasteiger partial charge < -0.3 is 20.3 Å². The van der Waals surface area contributed by atoms with Crippen molar-refractivity contribution < 1.29 is 9.90 Å². The summed E-state index contributed by atoms with van der Waals surface area (Å²) in [6.07, 6.45) is 4.27. The molecule has 3 N–H and O–H groups in total. The number of rotatable bonds is 3. The molecule has 7 heteroatoms. The van der Waals surface area contributed by atoms with E-state index in [9.17, 15) is 14.7 Å². The van der Waals surface area contributed by atoms with Gasteiger partial charge in [0.2, 0.25) is 5.43 Å². The second-order valence-corrected chi connectivity index (χ2v) is 6.98. The Kier molecular flexibility index (Phi) is 3.54. The number of fused-ring (bicyclic) bond motifs is 1. The quantitative estimate of drug-likeness (QED) is 0.888. The van der Waals surface area contributed by atoms with Crippen molar-refractivity contribution in [2.75, 3.05) is 18.0 Å². The van der Waals surface area contributed by atoms with Gasteiger partial charge in [-0.1, -0.05) is 11.6 Å². The molecule has 0 spiro atoms. The molecule has 0 unspecified atom stereocenters. The third-order valence-corrected chi connectivity index (χ3v) is 5.22. The first-order chi connectivity index (χ1) is 11.5. The molecule has 2 heterocycles. The zero-order chi connectivity index (χ0) is 17.0. The summed E-state index contributed by atoms with van der Waals surface area (Å²) in [6, 6.07) is 3.82. The fourth-order valence-electron chi connectivity index (χ4n) is 3.44. The molecule has 1 aliphatic carbocycles. The number of benzene rings is 1. The number of carboxylic acid groups (broad SMARTS) is 1. The number of nitrogens with two attached hydrogens (primary N) is 1. The third-order valence-electron chi connectivity index (χ3n) is 4.85. The summed E-state index contributed by atoms with van der Waals surface area (Å²) in [5.41, 5.74) is 6.78. The molecular weight excluding hydrogens is 330 g/mol. The number of pyridine rings is 1. The Balaban J connectivity index is 1.97. The lowest BCUT2D eigenvalue weighted by molar-refractivity contribution is 0.0695. The predicted molar refractivity (Wildman–Crippen MR) is 93.3 cm³/mol. The molecule has 2 fully saturated rings. The SMILES string of the molecule is N[C@H]1CCN(c2ccc3c(=O)c(C(=O)O)cn(C4CC4)c3c2Cl)C1. The minimum absolute atomic E-state index is 0.122. The van der Waals surface area contributed by atoms with Crippen LogP contribution in [0.3, 0.4) is 0 Å². The van der Waals surface area contributed by atoms with Gasteiger partial charge in [-0.15, -0.1) is 0 Å². The Morgan fingerprint density at radius 3 is 2.62 bits per heavy atom. The van der Waals surface area contributed by atoms with Crippen molar-refractivity contribution in [3.63, 3.8) is 0 Å². The van der Waals surface area contributed by atoms with E-state index in [-0.39, 0.29) is 17.6 Å². The van der Waals surface area contributed by atoms with E-state index in [1.54, 1.807) is 12.1 Å². The second-order valence-electron chi connectivity index (χ2n) is 6.61. The van der Waals surface area contributed by atoms with E-state index in [1.165, 1.54) is 6.20 Å². The van der Waals surface area contributed by atoms with E-state index in [2.05, 4.69) is 4.90 Å². The van der Waals surface area contributed by atoms with Gasteiger partial charge in [-0.2, -0.15) is 0 Å². The van der Waals surface area contributed by atoms with Crippen LogP contribution >= 0.6 is 11.6 Å². The number of hydrogen-bond acceptors (Lipinski definition) is 4. The first-order valence-electron chi connectivity index (χ1n) is 8.08. The van der Waals surface area contributed by atoms with Crippen LogP contribution in [0.2, 0.25) is 5.02 Å². The lowest BCUT2D eigenvalue weighted by atomic mass is 10.1. The van der Waals surface area contributed by atoms with E-state index in [0.29, 0.717) is 15.9 Å². The maximum absolute atomic E-state index is 12.5. The average molecular weight is 348 g/mol. The van der Waals surface area contributed by atoms with Gasteiger partial charge in [-0.3, -0.25) is 4.79 Å². The van der Waals surface area contributed by atoms with E-state index in [4.69, 9.17) is 17.3 Å². The highest BCUT2D eigenvalue weighted by atomic mass is 35.5. The van der Waals surface area contributed by atoms with Crippen molar-refractivity contribution in [3.8, 4) is 0 Å². The molecule has 1 aromatic carbocycles. The Labute approximate surface area is 143 Å². The second kappa shape index (κ2) is 5.50.